The van der Waals surface area contributed by atoms with Crippen LogP contribution in [0, 0.1) is 0 Å². The van der Waals surface area contributed by atoms with Crippen LogP contribution in [0.5, 0.6) is 0 Å². The lowest BCUT2D eigenvalue weighted by atomic mass is 9.97. The number of nitrogens with one attached hydrogen (secondary N) is 1. The van der Waals surface area contributed by atoms with E-state index in [9.17, 15) is 15.0 Å². The Morgan fingerprint density at radius 1 is 1.33 bits per heavy atom. The molecule has 0 saturated carbocycles. The van der Waals surface area contributed by atoms with Crippen LogP contribution >= 0.6 is 0 Å². The standard InChI is InChI=1S/C13H15NO4/c15-5-4-11(17)13(18)9-2-1-3-10-12(9)8(7-16)6-14-10/h1-3,6-7,11,13-15,17-18H,4-5H2. The Labute approximate surface area is 104 Å². The molecule has 1 aromatic heterocycles. The van der Waals surface area contributed by atoms with Crippen LogP contribution in [0.15, 0.2) is 24.4 Å². The first-order valence-corrected chi connectivity index (χ1v) is 5.71. The van der Waals surface area contributed by atoms with Gasteiger partial charge in [0.25, 0.3) is 0 Å². The van der Waals surface area contributed by atoms with Crippen LogP contribution in [-0.2, 0) is 0 Å². The predicted octanol–water partition coefficient (Wildman–Crippen LogP) is 0.757. The summed E-state index contributed by atoms with van der Waals surface area (Å²) in [5, 5.41) is 29.2. The van der Waals surface area contributed by atoms with Crippen molar-refractivity contribution < 1.29 is 20.1 Å². The molecular formula is C13H15NO4. The maximum absolute atomic E-state index is 10.9. The number of hydrogen-bond acceptors (Lipinski definition) is 4. The van der Waals surface area contributed by atoms with Gasteiger partial charge in [0.15, 0.2) is 6.29 Å². The summed E-state index contributed by atoms with van der Waals surface area (Å²) in [4.78, 5) is 13.9. The number of hydrogen-bond donors (Lipinski definition) is 4. The van der Waals surface area contributed by atoms with Crippen LogP contribution in [0.4, 0.5) is 0 Å². The minimum Gasteiger partial charge on any atom is -0.396 e. The van der Waals surface area contributed by atoms with Gasteiger partial charge >= 0.3 is 0 Å². The van der Waals surface area contributed by atoms with Crippen LogP contribution in [0.3, 0.4) is 0 Å². The van der Waals surface area contributed by atoms with E-state index in [0.717, 1.165) is 5.52 Å². The fourth-order valence-electron chi connectivity index (χ4n) is 2.08. The van der Waals surface area contributed by atoms with Crippen LogP contribution in [-0.4, -0.2) is 39.3 Å². The summed E-state index contributed by atoms with van der Waals surface area (Å²) in [6, 6.07) is 5.18. The summed E-state index contributed by atoms with van der Waals surface area (Å²) in [7, 11) is 0. The van der Waals surface area contributed by atoms with Crippen molar-refractivity contribution in [1.29, 1.82) is 0 Å². The van der Waals surface area contributed by atoms with E-state index in [4.69, 9.17) is 5.11 Å². The Balaban J connectivity index is 2.49. The van der Waals surface area contributed by atoms with Crippen molar-refractivity contribution in [3.8, 4) is 0 Å². The third-order valence-corrected chi connectivity index (χ3v) is 3.00. The van der Waals surface area contributed by atoms with Gasteiger partial charge < -0.3 is 20.3 Å². The van der Waals surface area contributed by atoms with Gasteiger partial charge in [-0.05, 0) is 18.1 Å². The Kier molecular flexibility index (Phi) is 3.76. The lowest BCUT2D eigenvalue weighted by Gasteiger charge is -2.18. The molecule has 0 amide bonds. The van der Waals surface area contributed by atoms with Gasteiger partial charge in [-0.1, -0.05) is 12.1 Å². The summed E-state index contributed by atoms with van der Waals surface area (Å²) in [5.41, 5.74) is 1.65. The minimum atomic E-state index is -1.13. The molecule has 5 nitrogen and oxygen atoms in total. The van der Waals surface area contributed by atoms with Crippen LogP contribution in [0.1, 0.15) is 28.4 Å². The number of carbonyl (C=O) groups is 1. The smallest absolute Gasteiger partial charge is 0.152 e. The van der Waals surface area contributed by atoms with Gasteiger partial charge in [-0.25, -0.2) is 0 Å². The fourth-order valence-corrected chi connectivity index (χ4v) is 2.08. The molecule has 0 saturated heterocycles. The molecule has 2 unspecified atom stereocenters. The van der Waals surface area contributed by atoms with E-state index < -0.39 is 12.2 Å². The highest BCUT2D eigenvalue weighted by Gasteiger charge is 2.21. The molecule has 0 spiro atoms. The largest absolute Gasteiger partial charge is 0.396 e. The number of rotatable bonds is 5. The van der Waals surface area contributed by atoms with Crippen molar-refractivity contribution in [3.05, 3.63) is 35.5 Å². The molecule has 0 aliphatic carbocycles. The van der Waals surface area contributed by atoms with Gasteiger partial charge in [-0.2, -0.15) is 0 Å². The summed E-state index contributed by atoms with van der Waals surface area (Å²) >= 11 is 0. The van der Waals surface area contributed by atoms with Gasteiger partial charge in [0, 0.05) is 29.3 Å². The van der Waals surface area contributed by atoms with Crippen molar-refractivity contribution in [3.63, 3.8) is 0 Å². The molecule has 96 valence electrons. The predicted molar refractivity (Wildman–Crippen MR) is 66.4 cm³/mol. The number of aromatic nitrogens is 1. The molecule has 2 rings (SSSR count). The molecule has 0 aliphatic rings. The number of aldehydes is 1. The number of aliphatic hydroxyl groups is 3. The molecule has 0 radical (unpaired) electrons. The number of fused-ring (bicyclic) bond motifs is 1. The van der Waals surface area contributed by atoms with E-state index in [1.54, 1.807) is 24.4 Å². The van der Waals surface area contributed by atoms with Crippen LogP contribution in [0.25, 0.3) is 10.9 Å². The van der Waals surface area contributed by atoms with Gasteiger partial charge in [0.1, 0.15) is 6.10 Å². The highest BCUT2D eigenvalue weighted by molar-refractivity contribution is 5.99. The Morgan fingerprint density at radius 3 is 2.78 bits per heavy atom. The summed E-state index contributed by atoms with van der Waals surface area (Å²) in [5.74, 6) is 0. The van der Waals surface area contributed by atoms with Crippen LogP contribution in [0.2, 0.25) is 0 Å². The molecule has 5 heteroatoms. The quantitative estimate of drug-likeness (QED) is 0.588. The molecule has 0 aliphatic heterocycles. The topological polar surface area (TPSA) is 93.6 Å². The van der Waals surface area contributed by atoms with Crippen molar-refractivity contribution in [2.45, 2.75) is 18.6 Å². The first-order valence-electron chi connectivity index (χ1n) is 5.71. The van der Waals surface area contributed by atoms with Crippen LogP contribution < -0.4 is 0 Å². The lowest BCUT2D eigenvalue weighted by molar-refractivity contribution is 0.00499. The normalized spacial score (nSPS) is 14.6. The fraction of sp³-hybridized carbons (Fsp3) is 0.308. The molecule has 0 bridgehead atoms. The summed E-state index contributed by atoms with van der Waals surface area (Å²) in [6.45, 7) is -0.206. The zero-order valence-electron chi connectivity index (χ0n) is 9.71. The average Bonchev–Trinajstić information content (AvgIpc) is 2.81. The molecule has 2 aromatic rings. The number of aromatic amines is 1. The molecule has 1 aromatic carbocycles. The second-order valence-electron chi connectivity index (χ2n) is 4.16. The number of benzene rings is 1. The summed E-state index contributed by atoms with van der Waals surface area (Å²) < 4.78 is 0. The Morgan fingerprint density at radius 2 is 2.11 bits per heavy atom. The van der Waals surface area contributed by atoms with E-state index in [0.29, 0.717) is 22.8 Å². The van der Waals surface area contributed by atoms with E-state index in [2.05, 4.69) is 4.98 Å². The number of aliphatic hydroxyl groups excluding tert-OH is 3. The van der Waals surface area contributed by atoms with E-state index >= 15 is 0 Å². The van der Waals surface area contributed by atoms with E-state index in [1.165, 1.54) is 0 Å². The first kappa shape index (κ1) is 12.8. The highest BCUT2D eigenvalue weighted by Crippen LogP contribution is 2.29. The SMILES string of the molecule is O=Cc1c[nH]c2cccc(C(O)C(O)CCO)c12. The average molecular weight is 249 g/mol. The third kappa shape index (κ3) is 2.15. The van der Waals surface area contributed by atoms with Gasteiger partial charge in [-0.15, -0.1) is 0 Å². The van der Waals surface area contributed by atoms with Gasteiger partial charge in [0.2, 0.25) is 0 Å². The summed E-state index contributed by atoms with van der Waals surface area (Å²) in [6.07, 6.45) is 0.156. The molecule has 18 heavy (non-hydrogen) atoms. The highest BCUT2D eigenvalue weighted by atomic mass is 16.3. The van der Waals surface area contributed by atoms with Crippen molar-refractivity contribution in [2.24, 2.45) is 0 Å². The number of carbonyl (C=O) groups excluding carboxylic acids is 1. The maximum Gasteiger partial charge on any atom is 0.152 e. The van der Waals surface area contributed by atoms with Gasteiger partial charge in [-0.3, -0.25) is 4.79 Å². The van der Waals surface area contributed by atoms with E-state index in [1.807, 2.05) is 0 Å². The lowest BCUT2D eigenvalue weighted by Crippen LogP contribution is -2.19. The maximum atomic E-state index is 10.9. The molecule has 4 N–H and O–H groups in total. The Hall–Kier alpha value is -1.69. The Bertz CT molecular complexity index is 549. The molecule has 0 fully saturated rings. The third-order valence-electron chi connectivity index (χ3n) is 3.00. The first-order chi connectivity index (χ1) is 8.69. The molecule has 1 heterocycles. The minimum absolute atomic E-state index is 0.0817. The zero-order valence-corrected chi connectivity index (χ0v) is 9.71. The van der Waals surface area contributed by atoms with Crippen molar-refractivity contribution >= 4 is 17.2 Å². The molecular weight excluding hydrogens is 234 g/mol. The van der Waals surface area contributed by atoms with Crippen molar-refractivity contribution in [2.75, 3.05) is 6.61 Å². The van der Waals surface area contributed by atoms with Crippen molar-refractivity contribution in [1.82, 2.24) is 4.98 Å². The second kappa shape index (κ2) is 5.30. The number of H-pyrrole nitrogens is 1. The monoisotopic (exact) mass is 249 g/mol. The zero-order chi connectivity index (χ0) is 13.1. The van der Waals surface area contributed by atoms with Gasteiger partial charge in [0.05, 0.1) is 6.10 Å². The molecule has 2 atom stereocenters. The van der Waals surface area contributed by atoms with E-state index in [-0.39, 0.29) is 13.0 Å². The second-order valence-corrected chi connectivity index (χ2v) is 4.16.